The van der Waals surface area contributed by atoms with E-state index in [1.807, 2.05) is 60.7 Å². The Morgan fingerprint density at radius 3 is 2.03 bits per heavy atom. The molecule has 1 amide bonds. The quantitative estimate of drug-likeness (QED) is 0.304. The largest absolute Gasteiger partial charge is 0.497 e. The highest BCUT2D eigenvalue weighted by atomic mass is 16.5. The summed E-state index contributed by atoms with van der Waals surface area (Å²) in [6, 6.07) is 34.5. The maximum atomic E-state index is 12.9. The van der Waals surface area contributed by atoms with Crippen molar-refractivity contribution in [3.63, 3.8) is 0 Å². The average molecular weight is 506 g/mol. The van der Waals surface area contributed by atoms with Gasteiger partial charge in [0.1, 0.15) is 5.75 Å². The molecule has 1 N–H and O–H groups in total. The Kier molecular flexibility index (Phi) is 8.49. The van der Waals surface area contributed by atoms with Crippen LogP contribution in [0, 0.1) is 0 Å². The molecule has 4 aromatic rings. The van der Waals surface area contributed by atoms with E-state index >= 15 is 0 Å². The summed E-state index contributed by atoms with van der Waals surface area (Å²) in [6.45, 7) is 6.04. The van der Waals surface area contributed by atoms with Crippen molar-refractivity contribution in [2.75, 3.05) is 38.6 Å². The molecule has 0 atom stereocenters. The van der Waals surface area contributed by atoms with Crippen LogP contribution in [0.4, 0.5) is 5.69 Å². The van der Waals surface area contributed by atoms with E-state index in [2.05, 4.69) is 57.6 Å². The summed E-state index contributed by atoms with van der Waals surface area (Å²) >= 11 is 0. The summed E-state index contributed by atoms with van der Waals surface area (Å²) in [5, 5.41) is 3.08. The Bertz CT molecular complexity index is 1340. The lowest BCUT2D eigenvalue weighted by Crippen LogP contribution is -2.30. The number of methoxy groups -OCH3 is 1. The van der Waals surface area contributed by atoms with Gasteiger partial charge in [0.25, 0.3) is 5.91 Å². The van der Waals surface area contributed by atoms with Gasteiger partial charge in [-0.25, -0.2) is 0 Å². The fourth-order valence-electron chi connectivity index (χ4n) is 5.02. The number of amides is 1. The van der Waals surface area contributed by atoms with Crippen LogP contribution in [-0.2, 0) is 13.1 Å². The molecule has 0 saturated carbocycles. The Morgan fingerprint density at radius 1 is 0.711 bits per heavy atom. The maximum absolute atomic E-state index is 12.9. The van der Waals surface area contributed by atoms with Crippen molar-refractivity contribution in [2.45, 2.75) is 19.5 Å². The molecule has 4 aromatic carbocycles. The topological polar surface area (TPSA) is 44.8 Å². The number of ether oxygens (including phenoxy) is 1. The zero-order chi connectivity index (χ0) is 26.2. The second kappa shape index (κ2) is 12.5. The molecular formula is C33H35N3O2. The number of nitrogens with zero attached hydrogens (tertiary/aromatic N) is 2. The standard InChI is InChI=1S/C33H35N3O2/c1-38-32-13-6-9-27(23-32)25-36-19-7-18-35(20-21-36)24-26-8-5-12-31(22-26)34-33(37)30-16-14-29(15-17-30)28-10-3-2-4-11-28/h2-6,8-17,22-23H,7,18-21,24-25H2,1H3,(H,34,37). The number of benzene rings is 4. The summed E-state index contributed by atoms with van der Waals surface area (Å²) in [6.07, 6.45) is 1.14. The minimum absolute atomic E-state index is 0.0929. The highest BCUT2D eigenvalue weighted by Gasteiger charge is 2.16. The molecule has 0 bridgehead atoms. The molecule has 0 aliphatic carbocycles. The van der Waals surface area contributed by atoms with Gasteiger partial charge in [0.2, 0.25) is 0 Å². The van der Waals surface area contributed by atoms with Crippen LogP contribution in [0.25, 0.3) is 11.1 Å². The molecule has 0 aromatic heterocycles. The smallest absolute Gasteiger partial charge is 0.255 e. The van der Waals surface area contributed by atoms with Crippen molar-refractivity contribution in [1.82, 2.24) is 9.80 Å². The molecule has 38 heavy (non-hydrogen) atoms. The van der Waals surface area contributed by atoms with Crippen molar-refractivity contribution < 1.29 is 9.53 Å². The number of hydrogen-bond acceptors (Lipinski definition) is 4. The van der Waals surface area contributed by atoms with Crippen LogP contribution in [0.5, 0.6) is 5.75 Å². The third kappa shape index (κ3) is 6.88. The van der Waals surface area contributed by atoms with E-state index in [1.165, 1.54) is 11.1 Å². The normalized spacial score (nSPS) is 14.6. The van der Waals surface area contributed by atoms with Crippen molar-refractivity contribution in [1.29, 1.82) is 0 Å². The molecule has 0 radical (unpaired) electrons. The zero-order valence-corrected chi connectivity index (χ0v) is 22.0. The van der Waals surface area contributed by atoms with Crippen LogP contribution in [0.15, 0.2) is 103 Å². The third-order valence-corrected chi connectivity index (χ3v) is 7.07. The van der Waals surface area contributed by atoms with Crippen LogP contribution in [-0.4, -0.2) is 49.0 Å². The molecule has 5 nitrogen and oxygen atoms in total. The molecule has 0 spiro atoms. The molecule has 1 aliphatic heterocycles. The first-order chi connectivity index (χ1) is 18.7. The molecular weight excluding hydrogens is 470 g/mol. The van der Waals surface area contributed by atoms with Gasteiger partial charge >= 0.3 is 0 Å². The lowest BCUT2D eigenvalue weighted by atomic mass is 10.0. The summed E-state index contributed by atoms with van der Waals surface area (Å²) in [5.41, 5.74) is 6.22. The lowest BCUT2D eigenvalue weighted by Gasteiger charge is -2.22. The van der Waals surface area contributed by atoms with Crippen LogP contribution in [0.1, 0.15) is 27.9 Å². The van der Waals surface area contributed by atoms with Gasteiger partial charge in [-0.3, -0.25) is 14.6 Å². The third-order valence-electron chi connectivity index (χ3n) is 7.07. The highest BCUT2D eigenvalue weighted by molar-refractivity contribution is 6.04. The Labute approximate surface area is 225 Å². The van der Waals surface area contributed by atoms with Crippen LogP contribution in [0.2, 0.25) is 0 Å². The van der Waals surface area contributed by atoms with E-state index in [4.69, 9.17) is 4.74 Å². The van der Waals surface area contributed by atoms with Gasteiger partial charge in [-0.05, 0) is 78.2 Å². The Balaban J connectivity index is 1.15. The second-order valence-electron chi connectivity index (χ2n) is 9.86. The van der Waals surface area contributed by atoms with E-state index in [1.54, 1.807) is 7.11 Å². The van der Waals surface area contributed by atoms with Gasteiger partial charge in [0, 0.05) is 37.4 Å². The SMILES string of the molecule is COc1cccc(CN2CCCN(Cc3cccc(NC(=O)c4ccc(-c5ccccc5)cc4)c3)CC2)c1. The van der Waals surface area contributed by atoms with Gasteiger partial charge in [0.05, 0.1) is 7.11 Å². The Hall–Kier alpha value is -3.93. The van der Waals surface area contributed by atoms with Gasteiger partial charge in [0.15, 0.2) is 0 Å². The van der Waals surface area contributed by atoms with E-state index in [-0.39, 0.29) is 5.91 Å². The van der Waals surface area contributed by atoms with Gasteiger partial charge < -0.3 is 10.1 Å². The fraction of sp³-hybridized carbons (Fsp3) is 0.242. The van der Waals surface area contributed by atoms with Crippen LogP contribution in [0.3, 0.4) is 0 Å². The fourth-order valence-corrected chi connectivity index (χ4v) is 5.02. The maximum Gasteiger partial charge on any atom is 0.255 e. The molecule has 1 aliphatic rings. The number of carbonyl (C=O) groups excluding carboxylic acids is 1. The van der Waals surface area contributed by atoms with E-state index in [0.717, 1.165) is 68.3 Å². The van der Waals surface area contributed by atoms with Gasteiger partial charge in [-0.1, -0.05) is 66.7 Å². The monoisotopic (exact) mass is 505 g/mol. The van der Waals surface area contributed by atoms with E-state index in [9.17, 15) is 4.79 Å². The van der Waals surface area contributed by atoms with E-state index < -0.39 is 0 Å². The molecule has 1 fully saturated rings. The first-order valence-electron chi connectivity index (χ1n) is 13.3. The van der Waals surface area contributed by atoms with Crippen molar-refractivity contribution in [3.8, 4) is 16.9 Å². The summed E-state index contributed by atoms with van der Waals surface area (Å²) in [4.78, 5) is 17.9. The van der Waals surface area contributed by atoms with E-state index in [0.29, 0.717) is 5.56 Å². The first-order valence-corrected chi connectivity index (χ1v) is 13.3. The van der Waals surface area contributed by atoms with Crippen LogP contribution >= 0.6 is 0 Å². The number of hydrogen-bond donors (Lipinski definition) is 1. The minimum Gasteiger partial charge on any atom is -0.497 e. The van der Waals surface area contributed by atoms with Gasteiger partial charge in [-0.15, -0.1) is 0 Å². The summed E-state index contributed by atoms with van der Waals surface area (Å²) < 4.78 is 5.38. The number of carbonyl (C=O) groups is 1. The molecule has 1 saturated heterocycles. The predicted molar refractivity (Wildman–Crippen MR) is 154 cm³/mol. The zero-order valence-electron chi connectivity index (χ0n) is 22.0. The summed E-state index contributed by atoms with van der Waals surface area (Å²) in [7, 11) is 1.71. The Morgan fingerprint density at radius 2 is 1.34 bits per heavy atom. The molecule has 5 heteroatoms. The highest BCUT2D eigenvalue weighted by Crippen LogP contribution is 2.21. The molecule has 0 unspecified atom stereocenters. The average Bonchev–Trinajstić information content (AvgIpc) is 3.18. The van der Waals surface area contributed by atoms with Gasteiger partial charge in [-0.2, -0.15) is 0 Å². The lowest BCUT2D eigenvalue weighted by molar-refractivity contribution is 0.102. The summed E-state index contributed by atoms with van der Waals surface area (Å²) in [5.74, 6) is 0.819. The number of rotatable bonds is 8. The van der Waals surface area contributed by atoms with Crippen LogP contribution < -0.4 is 10.1 Å². The van der Waals surface area contributed by atoms with Crippen molar-refractivity contribution in [3.05, 3.63) is 120 Å². The molecule has 5 rings (SSSR count). The first kappa shape index (κ1) is 25.7. The number of nitrogens with one attached hydrogen (secondary N) is 1. The molecule has 194 valence electrons. The van der Waals surface area contributed by atoms with Crippen molar-refractivity contribution >= 4 is 11.6 Å². The number of anilines is 1. The predicted octanol–water partition coefficient (Wildman–Crippen LogP) is 6.32. The molecule has 1 heterocycles. The minimum atomic E-state index is -0.0929. The second-order valence-corrected chi connectivity index (χ2v) is 9.86. The van der Waals surface area contributed by atoms with Crippen molar-refractivity contribution in [2.24, 2.45) is 0 Å².